The van der Waals surface area contributed by atoms with Gasteiger partial charge < -0.3 is 11.1 Å². The van der Waals surface area contributed by atoms with Crippen LogP contribution in [0.15, 0.2) is 5.38 Å². The lowest BCUT2D eigenvalue weighted by Crippen LogP contribution is -2.38. The largest absolute Gasteiger partial charge is 0.348 e. The fourth-order valence-corrected chi connectivity index (χ4v) is 3.83. The zero-order valence-corrected chi connectivity index (χ0v) is 10.5. The molecular formula is C12H17N3OS. The number of hydrogen-bond donors (Lipinski definition) is 2. The van der Waals surface area contributed by atoms with Crippen molar-refractivity contribution in [1.29, 1.82) is 0 Å². The molecule has 0 aromatic carbocycles. The van der Waals surface area contributed by atoms with Crippen molar-refractivity contribution in [3.8, 4) is 0 Å². The van der Waals surface area contributed by atoms with E-state index in [1.54, 1.807) is 5.38 Å². The van der Waals surface area contributed by atoms with E-state index in [1.807, 2.05) is 0 Å². The van der Waals surface area contributed by atoms with Crippen LogP contribution in [0.4, 0.5) is 0 Å². The topological polar surface area (TPSA) is 68.0 Å². The van der Waals surface area contributed by atoms with E-state index in [0.29, 0.717) is 24.2 Å². The Hall–Kier alpha value is -0.940. The molecule has 2 saturated carbocycles. The summed E-state index contributed by atoms with van der Waals surface area (Å²) in [5.41, 5.74) is 6.02. The first-order valence-corrected chi connectivity index (χ1v) is 7.09. The predicted molar refractivity (Wildman–Crippen MR) is 66.7 cm³/mol. The van der Waals surface area contributed by atoms with E-state index in [-0.39, 0.29) is 5.91 Å². The molecular weight excluding hydrogens is 234 g/mol. The Kier molecular flexibility index (Phi) is 2.88. The van der Waals surface area contributed by atoms with Gasteiger partial charge in [-0.2, -0.15) is 0 Å². The van der Waals surface area contributed by atoms with Crippen LogP contribution in [0, 0.1) is 11.8 Å². The summed E-state index contributed by atoms with van der Waals surface area (Å²) >= 11 is 1.45. The van der Waals surface area contributed by atoms with Gasteiger partial charge in [-0.25, -0.2) is 4.98 Å². The quantitative estimate of drug-likeness (QED) is 0.856. The first kappa shape index (κ1) is 11.2. The van der Waals surface area contributed by atoms with Crippen LogP contribution >= 0.6 is 11.3 Å². The van der Waals surface area contributed by atoms with Crippen molar-refractivity contribution in [1.82, 2.24) is 10.3 Å². The molecule has 2 bridgehead atoms. The number of hydrogen-bond acceptors (Lipinski definition) is 4. The molecule has 3 unspecified atom stereocenters. The van der Waals surface area contributed by atoms with Gasteiger partial charge in [0.2, 0.25) is 0 Å². The van der Waals surface area contributed by atoms with E-state index in [4.69, 9.17) is 5.73 Å². The lowest BCUT2D eigenvalue weighted by Gasteiger charge is -2.22. The Morgan fingerprint density at radius 1 is 1.53 bits per heavy atom. The molecule has 3 rings (SSSR count). The monoisotopic (exact) mass is 251 g/mol. The number of nitrogens with one attached hydrogen (secondary N) is 1. The van der Waals surface area contributed by atoms with Gasteiger partial charge in [0.15, 0.2) is 0 Å². The van der Waals surface area contributed by atoms with E-state index >= 15 is 0 Å². The molecule has 5 heteroatoms. The molecule has 0 radical (unpaired) electrons. The van der Waals surface area contributed by atoms with Crippen LogP contribution in [0.3, 0.4) is 0 Å². The SMILES string of the molecule is NCc1nc(C(=O)NC2CC3CCC2C3)cs1. The number of fused-ring (bicyclic) bond motifs is 2. The fourth-order valence-electron chi connectivity index (χ4n) is 3.17. The minimum absolute atomic E-state index is 0.0292. The standard InChI is InChI=1S/C12H17N3OS/c13-5-11-14-10(6-17-11)12(16)15-9-4-7-1-2-8(9)3-7/h6-9H,1-5,13H2,(H,15,16). The molecule has 17 heavy (non-hydrogen) atoms. The first-order valence-electron chi connectivity index (χ1n) is 6.21. The average molecular weight is 251 g/mol. The molecule has 92 valence electrons. The number of nitrogens with zero attached hydrogens (tertiary/aromatic N) is 1. The Morgan fingerprint density at radius 2 is 2.41 bits per heavy atom. The third-order valence-corrected chi connectivity index (χ3v) is 4.88. The molecule has 4 nitrogen and oxygen atoms in total. The van der Waals surface area contributed by atoms with Gasteiger partial charge in [-0.3, -0.25) is 4.79 Å². The van der Waals surface area contributed by atoms with Gasteiger partial charge in [-0.15, -0.1) is 11.3 Å². The molecule has 2 aliphatic rings. The summed E-state index contributed by atoms with van der Waals surface area (Å²) in [6, 6.07) is 0.379. The molecule has 0 aliphatic heterocycles. The normalized spacial score (nSPS) is 30.8. The predicted octanol–water partition coefficient (Wildman–Crippen LogP) is 1.52. The van der Waals surface area contributed by atoms with E-state index < -0.39 is 0 Å². The third-order valence-electron chi connectivity index (χ3n) is 4.01. The molecule has 3 atom stereocenters. The van der Waals surface area contributed by atoms with E-state index in [2.05, 4.69) is 10.3 Å². The minimum atomic E-state index is -0.0292. The highest BCUT2D eigenvalue weighted by atomic mass is 32.1. The molecule has 3 N–H and O–H groups in total. The van der Waals surface area contributed by atoms with Gasteiger partial charge >= 0.3 is 0 Å². The van der Waals surface area contributed by atoms with Gasteiger partial charge in [0.05, 0.1) is 0 Å². The van der Waals surface area contributed by atoms with Crippen LogP contribution < -0.4 is 11.1 Å². The smallest absolute Gasteiger partial charge is 0.270 e. The van der Waals surface area contributed by atoms with Crippen molar-refractivity contribution >= 4 is 17.2 Å². The van der Waals surface area contributed by atoms with E-state index in [0.717, 1.165) is 17.3 Å². The Balaban J connectivity index is 1.63. The maximum Gasteiger partial charge on any atom is 0.270 e. The van der Waals surface area contributed by atoms with Crippen LogP contribution in [0.25, 0.3) is 0 Å². The van der Waals surface area contributed by atoms with Crippen molar-refractivity contribution in [2.75, 3.05) is 0 Å². The highest BCUT2D eigenvalue weighted by molar-refractivity contribution is 7.09. The lowest BCUT2D eigenvalue weighted by molar-refractivity contribution is 0.0918. The van der Waals surface area contributed by atoms with Gasteiger partial charge in [0, 0.05) is 18.0 Å². The maximum absolute atomic E-state index is 12.0. The number of aromatic nitrogens is 1. The molecule has 1 aromatic rings. The van der Waals surface area contributed by atoms with Crippen LogP contribution in [-0.2, 0) is 6.54 Å². The lowest BCUT2D eigenvalue weighted by atomic mass is 9.95. The van der Waals surface area contributed by atoms with E-state index in [1.165, 1.54) is 30.6 Å². The molecule has 0 saturated heterocycles. The van der Waals surface area contributed by atoms with Gasteiger partial charge in [0.25, 0.3) is 5.91 Å². The molecule has 0 spiro atoms. The van der Waals surface area contributed by atoms with Crippen molar-refractivity contribution in [2.45, 2.75) is 38.3 Å². The number of carbonyl (C=O) groups is 1. The second-order valence-electron chi connectivity index (χ2n) is 5.09. The van der Waals surface area contributed by atoms with Crippen molar-refractivity contribution in [3.63, 3.8) is 0 Å². The first-order chi connectivity index (χ1) is 8.26. The number of nitrogens with two attached hydrogens (primary N) is 1. The van der Waals surface area contributed by atoms with Gasteiger partial charge in [-0.05, 0) is 31.1 Å². The number of amides is 1. The highest BCUT2D eigenvalue weighted by Crippen LogP contribution is 2.44. The van der Waals surface area contributed by atoms with Crippen LogP contribution in [0.2, 0.25) is 0 Å². The number of thiazole rings is 1. The molecule has 2 aliphatic carbocycles. The summed E-state index contributed by atoms with van der Waals surface area (Å²) in [6.07, 6.45) is 5.09. The van der Waals surface area contributed by atoms with Crippen molar-refractivity contribution in [2.24, 2.45) is 17.6 Å². The second-order valence-corrected chi connectivity index (χ2v) is 6.03. The van der Waals surface area contributed by atoms with Crippen molar-refractivity contribution < 1.29 is 4.79 Å². The summed E-state index contributed by atoms with van der Waals surface area (Å²) in [5, 5.41) is 5.75. The molecule has 1 amide bonds. The summed E-state index contributed by atoms with van der Waals surface area (Å²) in [5.74, 6) is 1.52. The molecule has 2 fully saturated rings. The van der Waals surface area contributed by atoms with Crippen molar-refractivity contribution in [3.05, 3.63) is 16.1 Å². The Labute approximate surface area is 105 Å². The number of rotatable bonds is 3. The highest BCUT2D eigenvalue weighted by Gasteiger charge is 2.40. The molecule has 1 heterocycles. The summed E-state index contributed by atoms with van der Waals surface area (Å²) in [7, 11) is 0. The van der Waals surface area contributed by atoms with Crippen LogP contribution in [0.5, 0.6) is 0 Å². The molecule has 1 aromatic heterocycles. The zero-order chi connectivity index (χ0) is 11.8. The summed E-state index contributed by atoms with van der Waals surface area (Å²) < 4.78 is 0. The summed E-state index contributed by atoms with van der Waals surface area (Å²) in [6.45, 7) is 0.409. The second kappa shape index (κ2) is 4.38. The van der Waals surface area contributed by atoms with Crippen LogP contribution in [-0.4, -0.2) is 16.9 Å². The Morgan fingerprint density at radius 3 is 3.00 bits per heavy atom. The van der Waals surface area contributed by atoms with Crippen LogP contribution in [0.1, 0.15) is 41.2 Å². The Bertz CT molecular complexity index is 431. The maximum atomic E-state index is 12.0. The number of carbonyl (C=O) groups excluding carboxylic acids is 1. The van der Waals surface area contributed by atoms with E-state index in [9.17, 15) is 4.79 Å². The van der Waals surface area contributed by atoms with Gasteiger partial charge in [0.1, 0.15) is 10.7 Å². The average Bonchev–Trinajstić information content (AvgIpc) is 3.04. The summed E-state index contributed by atoms with van der Waals surface area (Å²) in [4.78, 5) is 16.2. The van der Waals surface area contributed by atoms with Gasteiger partial charge in [-0.1, -0.05) is 6.42 Å². The fraction of sp³-hybridized carbons (Fsp3) is 0.667. The minimum Gasteiger partial charge on any atom is -0.348 e. The third kappa shape index (κ3) is 2.09. The zero-order valence-electron chi connectivity index (χ0n) is 9.69.